The van der Waals surface area contributed by atoms with E-state index in [0.29, 0.717) is 18.8 Å². The summed E-state index contributed by atoms with van der Waals surface area (Å²) in [5, 5.41) is 18.2. The molecule has 0 fully saturated rings. The number of carbonyl (C=O) groups excluding carboxylic acids is 1. The minimum Gasteiger partial charge on any atom is -0.544 e. The molecule has 0 aliphatic heterocycles. The zero-order valence-electron chi connectivity index (χ0n) is 21.0. The minimum atomic E-state index is -1.88. The first kappa shape index (κ1) is 27.3. The summed E-state index contributed by atoms with van der Waals surface area (Å²) in [6.07, 6.45) is 4.04. The van der Waals surface area contributed by atoms with Crippen molar-refractivity contribution in [1.29, 1.82) is 0 Å². The van der Waals surface area contributed by atoms with Crippen LogP contribution in [0.25, 0.3) is 0 Å². The Morgan fingerprint density at radius 1 is 0.971 bits per heavy atom. The number of phenolic OH excluding ortho intramolecular Hbond substituents is 1. The molecule has 0 aromatic heterocycles. The van der Waals surface area contributed by atoms with Crippen LogP contribution in [0.4, 0.5) is 0 Å². The largest absolute Gasteiger partial charge is 0.544 e. The third-order valence-electron chi connectivity index (χ3n) is 5.59. The molecule has 0 radical (unpaired) electrons. The number of benzene rings is 2. The fraction of sp³-hybridized carbons (Fsp3) is 0.423. The number of phenols is 1. The topological polar surface area (TPSA) is 89.7 Å². The molecule has 0 saturated heterocycles. The Kier molecular flexibility index (Phi) is 10.0. The van der Waals surface area contributed by atoms with E-state index in [4.69, 9.17) is 13.9 Å². The van der Waals surface area contributed by atoms with Gasteiger partial charge in [-0.2, -0.15) is 10.2 Å². The number of nitrogens with zero attached hydrogens (tertiary/aromatic N) is 2. The van der Waals surface area contributed by atoms with Crippen LogP contribution in [0.15, 0.2) is 52.7 Å². The number of carbonyl (C=O) groups is 1. The predicted molar refractivity (Wildman–Crippen MR) is 139 cm³/mol. The number of rotatable bonds is 11. The molecule has 184 valence electrons. The van der Waals surface area contributed by atoms with Crippen LogP contribution in [0.2, 0.25) is 18.1 Å². The van der Waals surface area contributed by atoms with Gasteiger partial charge in [0.15, 0.2) is 0 Å². The van der Waals surface area contributed by atoms with Crippen LogP contribution in [-0.4, -0.2) is 51.6 Å². The van der Waals surface area contributed by atoms with E-state index in [9.17, 15) is 9.90 Å². The van der Waals surface area contributed by atoms with Gasteiger partial charge in [-0.15, -0.1) is 0 Å². The summed E-state index contributed by atoms with van der Waals surface area (Å²) in [6, 6.07) is 12.3. The van der Waals surface area contributed by atoms with E-state index in [2.05, 4.69) is 44.1 Å². The first-order chi connectivity index (χ1) is 16.0. The standard InChI is InChI=1S/C26H36N2O5Si/c1-7-14-31-15-16-32-25(30)23-17-21(10-13-24(23)29)19-28-27-18-20-8-11-22(12-9-20)33-34(5,6)26(2,3)4/h8-13,17-19,29H,7,14-16H2,1-6H3. The SMILES string of the molecule is CCCOCCOC(=O)c1cc(C=NN=Cc2ccc(O[Si](C)(C)C(C)(C)C)cc2)ccc1O. The third kappa shape index (κ3) is 8.42. The monoisotopic (exact) mass is 484 g/mol. The maximum Gasteiger partial charge on any atom is 0.342 e. The van der Waals surface area contributed by atoms with Crippen molar-refractivity contribution in [2.24, 2.45) is 10.2 Å². The Balaban J connectivity index is 1.95. The molecule has 0 amide bonds. The normalized spacial score (nSPS) is 12.4. The van der Waals surface area contributed by atoms with Gasteiger partial charge >= 0.3 is 5.97 Å². The Labute approximate surface area is 203 Å². The third-order valence-corrected chi connectivity index (χ3v) is 9.95. The van der Waals surface area contributed by atoms with E-state index in [1.54, 1.807) is 12.3 Å². The fourth-order valence-corrected chi connectivity index (χ4v) is 3.62. The number of esters is 1. The second-order valence-corrected chi connectivity index (χ2v) is 14.2. The lowest BCUT2D eigenvalue weighted by molar-refractivity contribution is 0.0316. The zero-order valence-corrected chi connectivity index (χ0v) is 22.0. The van der Waals surface area contributed by atoms with Crippen LogP contribution < -0.4 is 4.43 Å². The molecule has 34 heavy (non-hydrogen) atoms. The molecule has 0 saturated carbocycles. The minimum absolute atomic E-state index is 0.0701. The van der Waals surface area contributed by atoms with E-state index in [1.165, 1.54) is 18.3 Å². The maximum absolute atomic E-state index is 12.2. The molecule has 2 aromatic carbocycles. The number of aromatic hydroxyl groups is 1. The summed E-state index contributed by atoms with van der Waals surface area (Å²) in [5.41, 5.74) is 1.57. The molecule has 2 aromatic rings. The van der Waals surface area contributed by atoms with Crippen LogP contribution in [0, 0.1) is 0 Å². The van der Waals surface area contributed by atoms with Gasteiger partial charge in [0.05, 0.1) is 19.0 Å². The molecule has 0 unspecified atom stereocenters. The van der Waals surface area contributed by atoms with Crippen molar-refractivity contribution in [3.05, 3.63) is 59.2 Å². The summed E-state index contributed by atoms with van der Waals surface area (Å²) in [6.45, 7) is 14.1. The number of ether oxygens (including phenoxy) is 2. The fourth-order valence-electron chi connectivity index (χ4n) is 2.58. The smallest absolute Gasteiger partial charge is 0.342 e. The Bertz CT molecular complexity index is 995. The summed E-state index contributed by atoms with van der Waals surface area (Å²) < 4.78 is 16.7. The Morgan fingerprint density at radius 2 is 1.59 bits per heavy atom. The van der Waals surface area contributed by atoms with Crippen molar-refractivity contribution in [2.75, 3.05) is 19.8 Å². The average Bonchev–Trinajstić information content (AvgIpc) is 2.77. The molecule has 0 aliphatic rings. The second-order valence-electron chi connectivity index (χ2n) is 9.45. The van der Waals surface area contributed by atoms with Gasteiger partial charge in [0.2, 0.25) is 8.32 Å². The second kappa shape index (κ2) is 12.5. The van der Waals surface area contributed by atoms with Crippen molar-refractivity contribution in [3.8, 4) is 11.5 Å². The highest BCUT2D eigenvalue weighted by Gasteiger charge is 2.38. The highest BCUT2D eigenvalue weighted by Crippen LogP contribution is 2.37. The Morgan fingerprint density at radius 3 is 2.21 bits per heavy atom. The van der Waals surface area contributed by atoms with Crippen molar-refractivity contribution in [1.82, 2.24) is 0 Å². The average molecular weight is 485 g/mol. The van der Waals surface area contributed by atoms with Gasteiger partial charge in [0.25, 0.3) is 0 Å². The van der Waals surface area contributed by atoms with Crippen molar-refractivity contribution >= 4 is 26.7 Å². The molecular formula is C26H36N2O5Si. The number of hydrogen-bond acceptors (Lipinski definition) is 7. The quantitative estimate of drug-likeness (QED) is 0.143. The summed E-state index contributed by atoms with van der Waals surface area (Å²) in [5.74, 6) is 0.0872. The van der Waals surface area contributed by atoms with Crippen molar-refractivity contribution in [2.45, 2.75) is 52.2 Å². The lowest BCUT2D eigenvalue weighted by Gasteiger charge is -2.36. The van der Waals surface area contributed by atoms with Crippen LogP contribution >= 0.6 is 0 Å². The van der Waals surface area contributed by atoms with Crippen LogP contribution in [-0.2, 0) is 9.47 Å². The molecule has 0 bridgehead atoms. The van der Waals surface area contributed by atoms with Crippen LogP contribution in [0.1, 0.15) is 55.6 Å². The van der Waals surface area contributed by atoms with E-state index in [-0.39, 0.29) is 23.0 Å². The van der Waals surface area contributed by atoms with Gasteiger partial charge in [0, 0.05) is 6.61 Å². The highest BCUT2D eigenvalue weighted by molar-refractivity contribution is 6.74. The van der Waals surface area contributed by atoms with Crippen molar-refractivity contribution < 1.29 is 23.8 Å². The number of hydrogen-bond donors (Lipinski definition) is 1. The highest BCUT2D eigenvalue weighted by atomic mass is 28.4. The van der Waals surface area contributed by atoms with Crippen LogP contribution in [0.5, 0.6) is 11.5 Å². The zero-order chi connectivity index (χ0) is 25.2. The van der Waals surface area contributed by atoms with Crippen LogP contribution in [0.3, 0.4) is 0 Å². The summed E-state index contributed by atoms with van der Waals surface area (Å²) in [4.78, 5) is 12.2. The predicted octanol–water partition coefficient (Wildman–Crippen LogP) is 5.81. The van der Waals surface area contributed by atoms with E-state index in [0.717, 1.165) is 17.7 Å². The molecule has 0 heterocycles. The van der Waals surface area contributed by atoms with Gasteiger partial charge in [-0.05, 0) is 78.1 Å². The first-order valence-corrected chi connectivity index (χ1v) is 14.4. The molecule has 1 N–H and O–H groups in total. The summed E-state index contributed by atoms with van der Waals surface area (Å²) in [7, 11) is -1.88. The van der Waals surface area contributed by atoms with E-state index < -0.39 is 14.3 Å². The van der Waals surface area contributed by atoms with Gasteiger partial charge in [-0.1, -0.05) is 27.7 Å². The molecule has 7 nitrogen and oxygen atoms in total. The molecule has 0 atom stereocenters. The van der Waals surface area contributed by atoms with Crippen molar-refractivity contribution in [3.63, 3.8) is 0 Å². The van der Waals surface area contributed by atoms with Gasteiger partial charge in [-0.25, -0.2) is 4.79 Å². The Hall–Kier alpha value is -2.97. The maximum atomic E-state index is 12.2. The lowest BCUT2D eigenvalue weighted by atomic mass is 10.1. The summed E-state index contributed by atoms with van der Waals surface area (Å²) >= 11 is 0. The van der Waals surface area contributed by atoms with E-state index >= 15 is 0 Å². The van der Waals surface area contributed by atoms with E-state index in [1.807, 2.05) is 31.2 Å². The first-order valence-electron chi connectivity index (χ1n) is 11.5. The van der Waals surface area contributed by atoms with Gasteiger partial charge in [0.1, 0.15) is 23.7 Å². The molecule has 2 rings (SSSR count). The molecule has 0 spiro atoms. The molecule has 0 aliphatic carbocycles. The molecule has 8 heteroatoms. The van der Waals surface area contributed by atoms with Gasteiger partial charge < -0.3 is 19.0 Å². The van der Waals surface area contributed by atoms with Gasteiger partial charge in [-0.3, -0.25) is 0 Å². The lowest BCUT2D eigenvalue weighted by Crippen LogP contribution is -2.43. The molecular weight excluding hydrogens is 448 g/mol.